The Hall–Kier alpha value is -2.00. The van der Waals surface area contributed by atoms with Gasteiger partial charge in [0.05, 0.1) is 17.2 Å². The van der Waals surface area contributed by atoms with E-state index in [9.17, 15) is 13.2 Å². The summed E-state index contributed by atoms with van der Waals surface area (Å²) >= 11 is 3.36. The van der Waals surface area contributed by atoms with Gasteiger partial charge in [-0.15, -0.1) is 0 Å². The third-order valence-electron chi connectivity index (χ3n) is 2.89. The first-order chi connectivity index (χ1) is 9.81. The third kappa shape index (κ3) is 3.56. The molecule has 0 heterocycles. The Morgan fingerprint density at radius 3 is 2.29 bits per heavy atom. The lowest BCUT2D eigenvalue weighted by atomic mass is 10.1. The molecule has 0 unspecified atom stereocenters. The van der Waals surface area contributed by atoms with Crippen LogP contribution in [0.1, 0.15) is 16.7 Å². The van der Waals surface area contributed by atoms with Crippen molar-refractivity contribution in [2.45, 2.75) is 13.1 Å². The highest BCUT2D eigenvalue weighted by Crippen LogP contribution is 2.34. The fourth-order valence-corrected chi connectivity index (χ4v) is 2.09. The van der Waals surface area contributed by atoms with Crippen molar-refractivity contribution in [2.24, 2.45) is 0 Å². The van der Waals surface area contributed by atoms with E-state index in [0.717, 1.165) is 22.2 Å². The second kappa shape index (κ2) is 5.78. The van der Waals surface area contributed by atoms with Gasteiger partial charge >= 0.3 is 6.18 Å². The van der Waals surface area contributed by atoms with Gasteiger partial charge in [-0.05, 0) is 48.9 Å². The molecule has 2 aromatic carbocycles. The molecule has 2 rings (SSSR count). The number of anilines is 2. The van der Waals surface area contributed by atoms with Gasteiger partial charge in [0.1, 0.15) is 0 Å². The molecule has 0 amide bonds. The first kappa shape index (κ1) is 15.4. The van der Waals surface area contributed by atoms with Crippen LogP contribution in [-0.2, 0) is 6.18 Å². The number of nitriles is 1. The summed E-state index contributed by atoms with van der Waals surface area (Å²) in [7, 11) is 0. The summed E-state index contributed by atoms with van der Waals surface area (Å²) in [6.45, 7) is 1.88. The smallest absolute Gasteiger partial charge is 0.356 e. The quantitative estimate of drug-likeness (QED) is 0.784. The Morgan fingerprint density at radius 1 is 1.10 bits per heavy atom. The van der Waals surface area contributed by atoms with E-state index in [0.29, 0.717) is 5.69 Å². The average Bonchev–Trinajstić information content (AvgIpc) is 2.42. The number of alkyl halides is 3. The molecule has 108 valence electrons. The minimum Gasteiger partial charge on any atom is -0.356 e. The fourth-order valence-electron chi connectivity index (χ4n) is 1.84. The number of nitrogens with one attached hydrogen (secondary N) is 1. The summed E-state index contributed by atoms with van der Waals surface area (Å²) in [4.78, 5) is 0. The number of aryl methyl sites for hydroxylation is 1. The van der Waals surface area contributed by atoms with E-state index in [1.807, 2.05) is 19.1 Å². The molecule has 0 bridgehead atoms. The Balaban J connectivity index is 2.37. The van der Waals surface area contributed by atoms with Crippen LogP contribution in [0.4, 0.5) is 24.5 Å². The number of halogens is 4. The van der Waals surface area contributed by atoms with Crippen LogP contribution in [0.5, 0.6) is 0 Å². The van der Waals surface area contributed by atoms with Crippen LogP contribution in [0.2, 0.25) is 0 Å². The van der Waals surface area contributed by atoms with Gasteiger partial charge in [0.2, 0.25) is 0 Å². The molecule has 0 aliphatic rings. The molecule has 2 nitrogen and oxygen atoms in total. The molecule has 0 fully saturated rings. The zero-order valence-corrected chi connectivity index (χ0v) is 12.5. The first-order valence-corrected chi connectivity index (χ1v) is 6.75. The average molecular weight is 355 g/mol. The Labute approximate surface area is 128 Å². The third-order valence-corrected chi connectivity index (χ3v) is 3.78. The molecule has 0 aromatic heterocycles. The predicted molar refractivity (Wildman–Crippen MR) is 78.3 cm³/mol. The van der Waals surface area contributed by atoms with E-state index in [-0.39, 0.29) is 11.3 Å². The van der Waals surface area contributed by atoms with E-state index in [1.54, 1.807) is 12.1 Å². The minimum absolute atomic E-state index is 0.281. The van der Waals surface area contributed by atoms with Crippen molar-refractivity contribution in [1.82, 2.24) is 0 Å². The molecule has 2 aromatic rings. The number of nitrogens with zero attached hydrogens (tertiary/aromatic N) is 1. The Kier molecular flexibility index (Phi) is 4.24. The summed E-state index contributed by atoms with van der Waals surface area (Å²) in [6, 6.07) is 10.5. The van der Waals surface area contributed by atoms with Gasteiger partial charge in [-0.1, -0.05) is 15.9 Å². The molecule has 21 heavy (non-hydrogen) atoms. The Morgan fingerprint density at radius 2 is 1.71 bits per heavy atom. The van der Waals surface area contributed by atoms with Gasteiger partial charge < -0.3 is 5.32 Å². The molecule has 0 aliphatic heterocycles. The highest BCUT2D eigenvalue weighted by atomic mass is 79.9. The summed E-state index contributed by atoms with van der Waals surface area (Å²) in [5, 5.41) is 11.7. The SMILES string of the molecule is Cc1cc(Nc2ccc(C#N)c(C(F)(F)F)c2)ccc1Br. The largest absolute Gasteiger partial charge is 0.417 e. The minimum atomic E-state index is -4.56. The van der Waals surface area contributed by atoms with E-state index < -0.39 is 11.7 Å². The van der Waals surface area contributed by atoms with Crippen molar-refractivity contribution in [3.05, 3.63) is 57.6 Å². The van der Waals surface area contributed by atoms with Crippen molar-refractivity contribution in [1.29, 1.82) is 5.26 Å². The van der Waals surface area contributed by atoms with E-state index in [1.165, 1.54) is 6.07 Å². The zero-order valence-electron chi connectivity index (χ0n) is 10.9. The maximum absolute atomic E-state index is 12.9. The predicted octanol–water partition coefficient (Wildman–Crippen LogP) is 5.39. The van der Waals surface area contributed by atoms with Crippen molar-refractivity contribution in [3.63, 3.8) is 0 Å². The van der Waals surface area contributed by atoms with Crippen molar-refractivity contribution < 1.29 is 13.2 Å². The molecule has 1 N–H and O–H groups in total. The van der Waals surface area contributed by atoms with E-state index in [4.69, 9.17) is 5.26 Å². The molecular weight excluding hydrogens is 345 g/mol. The van der Waals surface area contributed by atoms with Crippen LogP contribution in [0.15, 0.2) is 40.9 Å². The standard InChI is InChI=1S/C15H10BrF3N2/c1-9-6-11(4-5-14(9)16)21-12-3-2-10(8-20)13(7-12)15(17,18)19/h2-7,21H,1H3. The lowest BCUT2D eigenvalue weighted by Gasteiger charge is -2.13. The number of rotatable bonds is 2. The molecular formula is C15H10BrF3N2. The van der Waals surface area contributed by atoms with E-state index in [2.05, 4.69) is 21.2 Å². The van der Waals surface area contributed by atoms with Gasteiger partial charge in [0.25, 0.3) is 0 Å². The maximum atomic E-state index is 12.9. The molecule has 6 heteroatoms. The van der Waals surface area contributed by atoms with Gasteiger partial charge in [-0.2, -0.15) is 18.4 Å². The van der Waals surface area contributed by atoms with Crippen molar-refractivity contribution in [3.8, 4) is 6.07 Å². The van der Waals surface area contributed by atoms with Crippen LogP contribution in [0.25, 0.3) is 0 Å². The molecule has 0 spiro atoms. The first-order valence-electron chi connectivity index (χ1n) is 5.96. The lowest BCUT2D eigenvalue weighted by molar-refractivity contribution is -0.137. The van der Waals surface area contributed by atoms with Crippen LogP contribution >= 0.6 is 15.9 Å². The van der Waals surface area contributed by atoms with Gasteiger partial charge in [-0.3, -0.25) is 0 Å². The lowest BCUT2D eigenvalue weighted by Crippen LogP contribution is -2.08. The normalized spacial score (nSPS) is 11.0. The summed E-state index contributed by atoms with van der Waals surface area (Å²) in [6.07, 6.45) is -4.56. The van der Waals surface area contributed by atoms with Crippen LogP contribution < -0.4 is 5.32 Å². The number of hydrogen-bond donors (Lipinski definition) is 1. The maximum Gasteiger partial charge on any atom is 0.417 e. The molecule has 0 atom stereocenters. The second-order valence-corrected chi connectivity index (χ2v) is 5.31. The molecule has 0 saturated heterocycles. The molecule has 0 radical (unpaired) electrons. The summed E-state index contributed by atoms with van der Waals surface area (Å²) < 4.78 is 39.6. The Bertz CT molecular complexity index is 718. The van der Waals surface area contributed by atoms with Gasteiger partial charge in [0, 0.05) is 15.8 Å². The fraction of sp³-hybridized carbons (Fsp3) is 0.133. The van der Waals surface area contributed by atoms with Crippen LogP contribution in [0, 0.1) is 18.3 Å². The number of hydrogen-bond acceptors (Lipinski definition) is 2. The molecule has 0 aliphatic carbocycles. The van der Waals surface area contributed by atoms with Crippen molar-refractivity contribution >= 4 is 27.3 Å². The summed E-state index contributed by atoms with van der Waals surface area (Å²) in [5.74, 6) is 0. The number of benzene rings is 2. The molecule has 0 saturated carbocycles. The topological polar surface area (TPSA) is 35.8 Å². The second-order valence-electron chi connectivity index (χ2n) is 4.46. The zero-order chi connectivity index (χ0) is 15.6. The highest BCUT2D eigenvalue weighted by molar-refractivity contribution is 9.10. The highest BCUT2D eigenvalue weighted by Gasteiger charge is 2.33. The monoisotopic (exact) mass is 354 g/mol. The summed E-state index contributed by atoms with van der Waals surface area (Å²) in [5.41, 5.74) is 0.588. The van der Waals surface area contributed by atoms with Crippen molar-refractivity contribution in [2.75, 3.05) is 5.32 Å². The van der Waals surface area contributed by atoms with Gasteiger partial charge in [0.15, 0.2) is 0 Å². The van der Waals surface area contributed by atoms with Crippen LogP contribution in [0.3, 0.4) is 0 Å². The van der Waals surface area contributed by atoms with E-state index >= 15 is 0 Å². The van der Waals surface area contributed by atoms with Gasteiger partial charge in [-0.25, -0.2) is 0 Å². The van der Waals surface area contributed by atoms with Crippen LogP contribution in [-0.4, -0.2) is 0 Å².